The minimum atomic E-state index is -0.600. The highest BCUT2D eigenvalue weighted by Gasteiger charge is 2.26. The van der Waals surface area contributed by atoms with Crippen LogP contribution in [-0.2, 0) is 9.53 Å². The minimum Gasteiger partial charge on any atom is -0.497 e. The van der Waals surface area contributed by atoms with Gasteiger partial charge < -0.3 is 24.4 Å². The Bertz CT molecular complexity index is 567. The van der Waals surface area contributed by atoms with Crippen LogP contribution in [0.5, 0.6) is 11.5 Å². The molecule has 0 aromatic heterocycles. The Kier molecular flexibility index (Phi) is 6.91. The van der Waals surface area contributed by atoms with E-state index in [9.17, 15) is 9.59 Å². The first-order valence-corrected chi connectivity index (χ1v) is 8.56. The van der Waals surface area contributed by atoms with Gasteiger partial charge in [-0.05, 0) is 51.0 Å². The fraction of sp³-hybridized carbons (Fsp3) is 0.556. The van der Waals surface area contributed by atoms with Crippen LogP contribution in [0.4, 0.5) is 4.79 Å². The standard InChI is InChI=1S/C18H26N2O5/c1-4-24-18(22)20-11-9-14(10-12-20)19-17(21)13(2)25-16-7-5-15(23-3)6-8-16/h5-8,13-14H,4,9-12H2,1-3H3,(H,19,21). The zero-order valence-electron chi connectivity index (χ0n) is 15.0. The molecule has 7 heteroatoms. The Labute approximate surface area is 148 Å². The van der Waals surface area contributed by atoms with E-state index in [1.165, 1.54) is 0 Å². The number of rotatable bonds is 6. The normalized spacial score (nSPS) is 16.0. The third-order valence-electron chi connectivity index (χ3n) is 4.11. The van der Waals surface area contributed by atoms with Gasteiger partial charge in [0.25, 0.3) is 5.91 Å². The number of likely N-dealkylation sites (tertiary alicyclic amines) is 1. The number of ether oxygens (including phenoxy) is 3. The highest BCUT2D eigenvalue weighted by Crippen LogP contribution is 2.18. The zero-order chi connectivity index (χ0) is 18.2. The van der Waals surface area contributed by atoms with Crippen LogP contribution < -0.4 is 14.8 Å². The summed E-state index contributed by atoms with van der Waals surface area (Å²) in [4.78, 5) is 25.6. The van der Waals surface area contributed by atoms with Gasteiger partial charge in [0.1, 0.15) is 11.5 Å². The number of benzene rings is 1. The average Bonchev–Trinajstić information content (AvgIpc) is 2.63. The number of nitrogens with zero attached hydrogens (tertiary/aromatic N) is 1. The number of piperidine rings is 1. The van der Waals surface area contributed by atoms with Gasteiger partial charge in [-0.2, -0.15) is 0 Å². The van der Waals surface area contributed by atoms with Gasteiger partial charge in [0.05, 0.1) is 13.7 Å². The van der Waals surface area contributed by atoms with Crippen molar-refractivity contribution in [3.8, 4) is 11.5 Å². The lowest BCUT2D eigenvalue weighted by Crippen LogP contribution is -2.49. The predicted octanol–water partition coefficient (Wildman–Crippen LogP) is 2.20. The van der Waals surface area contributed by atoms with Crippen molar-refractivity contribution in [2.75, 3.05) is 26.8 Å². The first-order valence-electron chi connectivity index (χ1n) is 8.56. The Morgan fingerprint density at radius 1 is 1.20 bits per heavy atom. The van der Waals surface area contributed by atoms with Gasteiger partial charge in [0, 0.05) is 19.1 Å². The van der Waals surface area contributed by atoms with Crippen LogP contribution in [0.15, 0.2) is 24.3 Å². The molecule has 0 radical (unpaired) electrons. The van der Waals surface area contributed by atoms with Gasteiger partial charge in [0.15, 0.2) is 6.10 Å². The Balaban J connectivity index is 1.76. The Morgan fingerprint density at radius 3 is 2.36 bits per heavy atom. The lowest BCUT2D eigenvalue weighted by atomic mass is 10.1. The Hall–Kier alpha value is -2.44. The van der Waals surface area contributed by atoms with Crippen molar-refractivity contribution in [3.05, 3.63) is 24.3 Å². The maximum absolute atomic E-state index is 12.3. The van der Waals surface area contributed by atoms with Crippen LogP contribution in [0.1, 0.15) is 26.7 Å². The van der Waals surface area contributed by atoms with E-state index in [1.807, 2.05) is 0 Å². The molecule has 1 atom stereocenters. The highest BCUT2D eigenvalue weighted by molar-refractivity contribution is 5.81. The molecule has 1 unspecified atom stereocenters. The van der Waals surface area contributed by atoms with Crippen LogP contribution in [0.25, 0.3) is 0 Å². The van der Waals surface area contributed by atoms with Gasteiger partial charge in [-0.1, -0.05) is 0 Å². The number of carbonyl (C=O) groups is 2. The highest BCUT2D eigenvalue weighted by atomic mass is 16.6. The second-order valence-corrected chi connectivity index (χ2v) is 5.90. The summed E-state index contributed by atoms with van der Waals surface area (Å²) >= 11 is 0. The number of methoxy groups -OCH3 is 1. The fourth-order valence-corrected chi connectivity index (χ4v) is 2.65. The lowest BCUT2D eigenvalue weighted by Gasteiger charge is -2.32. The van der Waals surface area contributed by atoms with Gasteiger partial charge in [-0.25, -0.2) is 4.79 Å². The molecule has 0 saturated carbocycles. The van der Waals surface area contributed by atoms with Crippen molar-refractivity contribution in [2.45, 2.75) is 38.8 Å². The summed E-state index contributed by atoms with van der Waals surface area (Å²) in [6.07, 6.45) is 0.527. The molecule has 25 heavy (non-hydrogen) atoms. The molecule has 2 amide bonds. The van der Waals surface area contributed by atoms with Crippen LogP contribution in [0.2, 0.25) is 0 Å². The van der Waals surface area contributed by atoms with E-state index < -0.39 is 6.10 Å². The molecule has 1 N–H and O–H groups in total. The summed E-state index contributed by atoms with van der Waals surface area (Å²) in [5.41, 5.74) is 0. The molecule has 0 bridgehead atoms. The maximum Gasteiger partial charge on any atom is 0.409 e. The van der Waals surface area contributed by atoms with Crippen LogP contribution in [0, 0.1) is 0 Å². The summed E-state index contributed by atoms with van der Waals surface area (Å²) in [5.74, 6) is 1.18. The number of hydrogen-bond donors (Lipinski definition) is 1. The molecule has 1 aromatic rings. The smallest absolute Gasteiger partial charge is 0.409 e. The molecule has 138 valence electrons. The summed E-state index contributed by atoms with van der Waals surface area (Å²) in [5, 5.41) is 2.99. The zero-order valence-corrected chi connectivity index (χ0v) is 15.0. The van der Waals surface area contributed by atoms with Gasteiger partial charge in [-0.15, -0.1) is 0 Å². The second kappa shape index (κ2) is 9.15. The topological polar surface area (TPSA) is 77.1 Å². The van der Waals surface area contributed by atoms with Crippen LogP contribution >= 0.6 is 0 Å². The Morgan fingerprint density at radius 2 is 1.80 bits per heavy atom. The molecule has 2 rings (SSSR count). The van der Waals surface area contributed by atoms with Gasteiger partial charge in [-0.3, -0.25) is 4.79 Å². The molecule has 1 aromatic carbocycles. The molecule has 0 aliphatic carbocycles. The van der Waals surface area contributed by atoms with Crippen molar-refractivity contribution in [2.24, 2.45) is 0 Å². The van der Waals surface area contributed by atoms with Crippen LogP contribution in [0.3, 0.4) is 0 Å². The number of carbonyl (C=O) groups excluding carboxylic acids is 2. The summed E-state index contributed by atoms with van der Waals surface area (Å²) in [6, 6.07) is 7.14. The van der Waals surface area contributed by atoms with Crippen molar-refractivity contribution < 1.29 is 23.8 Å². The predicted molar refractivity (Wildman–Crippen MR) is 92.8 cm³/mol. The van der Waals surface area contributed by atoms with Crippen molar-refractivity contribution in [3.63, 3.8) is 0 Å². The molecule has 0 spiro atoms. The van der Waals surface area contributed by atoms with Gasteiger partial charge in [0.2, 0.25) is 0 Å². The molecule has 1 heterocycles. The van der Waals surface area contributed by atoms with Gasteiger partial charge >= 0.3 is 6.09 Å². The van der Waals surface area contributed by atoms with Crippen molar-refractivity contribution >= 4 is 12.0 Å². The molecule has 1 fully saturated rings. The molecular formula is C18H26N2O5. The quantitative estimate of drug-likeness (QED) is 0.851. The largest absolute Gasteiger partial charge is 0.497 e. The summed E-state index contributed by atoms with van der Waals surface area (Å²) in [7, 11) is 1.60. The molecule has 1 aliphatic heterocycles. The van der Waals surface area contributed by atoms with Crippen LogP contribution in [-0.4, -0.2) is 55.9 Å². The maximum atomic E-state index is 12.3. The van der Waals surface area contributed by atoms with Crippen molar-refractivity contribution in [1.82, 2.24) is 10.2 Å². The molecule has 1 aliphatic rings. The fourth-order valence-electron chi connectivity index (χ4n) is 2.65. The average molecular weight is 350 g/mol. The molecular weight excluding hydrogens is 324 g/mol. The third-order valence-corrected chi connectivity index (χ3v) is 4.11. The first kappa shape index (κ1) is 18.9. The summed E-state index contributed by atoms with van der Waals surface area (Å²) < 4.78 is 15.7. The van der Waals surface area contributed by atoms with E-state index in [-0.39, 0.29) is 18.0 Å². The number of amides is 2. The second-order valence-electron chi connectivity index (χ2n) is 5.90. The van der Waals surface area contributed by atoms with E-state index >= 15 is 0 Å². The number of nitrogens with one attached hydrogen (secondary N) is 1. The van der Waals surface area contributed by atoms with E-state index in [4.69, 9.17) is 14.2 Å². The van der Waals surface area contributed by atoms with E-state index in [2.05, 4.69) is 5.32 Å². The SMILES string of the molecule is CCOC(=O)N1CCC(NC(=O)C(C)Oc2ccc(OC)cc2)CC1. The number of hydrogen-bond acceptors (Lipinski definition) is 5. The van der Waals surface area contributed by atoms with E-state index in [1.54, 1.807) is 50.1 Å². The lowest BCUT2D eigenvalue weighted by molar-refractivity contribution is -0.128. The van der Waals surface area contributed by atoms with E-state index in [0.717, 1.165) is 5.75 Å². The summed E-state index contributed by atoms with van der Waals surface area (Å²) in [6.45, 7) is 5.03. The first-order chi connectivity index (χ1) is 12.0. The van der Waals surface area contributed by atoms with Crippen molar-refractivity contribution in [1.29, 1.82) is 0 Å². The minimum absolute atomic E-state index is 0.0418. The van der Waals surface area contributed by atoms with E-state index in [0.29, 0.717) is 38.3 Å². The molecule has 7 nitrogen and oxygen atoms in total. The monoisotopic (exact) mass is 350 g/mol. The molecule has 1 saturated heterocycles. The third kappa shape index (κ3) is 5.55.